The van der Waals surface area contributed by atoms with Crippen LogP contribution >= 0.6 is 12.2 Å². The van der Waals surface area contributed by atoms with Crippen LogP contribution in [0.1, 0.15) is 12.5 Å². The Labute approximate surface area is 105 Å². The Morgan fingerprint density at radius 2 is 2.24 bits per heavy atom. The highest BCUT2D eigenvalue weighted by Crippen LogP contribution is 2.07. The SMILES string of the molecule is C=CCNC(=S)N/N=C(/C)c1ccccc1F. The van der Waals surface area contributed by atoms with E-state index in [-0.39, 0.29) is 5.82 Å². The number of thiocarbonyl (C=S) groups is 1. The van der Waals surface area contributed by atoms with Crippen LogP contribution in [0.25, 0.3) is 0 Å². The molecule has 1 aromatic rings. The van der Waals surface area contributed by atoms with Gasteiger partial charge in [-0.25, -0.2) is 4.39 Å². The monoisotopic (exact) mass is 251 g/mol. The van der Waals surface area contributed by atoms with Crippen molar-refractivity contribution in [1.29, 1.82) is 0 Å². The van der Waals surface area contributed by atoms with Crippen LogP contribution in [0.2, 0.25) is 0 Å². The maximum atomic E-state index is 13.4. The number of nitrogens with one attached hydrogen (secondary N) is 2. The van der Waals surface area contributed by atoms with Crippen molar-refractivity contribution < 1.29 is 4.39 Å². The van der Waals surface area contributed by atoms with E-state index in [4.69, 9.17) is 12.2 Å². The fourth-order valence-electron chi connectivity index (χ4n) is 1.15. The topological polar surface area (TPSA) is 36.4 Å². The summed E-state index contributed by atoms with van der Waals surface area (Å²) >= 11 is 4.95. The number of benzene rings is 1. The van der Waals surface area contributed by atoms with Crippen molar-refractivity contribution in [1.82, 2.24) is 10.7 Å². The maximum absolute atomic E-state index is 13.4. The molecule has 17 heavy (non-hydrogen) atoms. The zero-order chi connectivity index (χ0) is 12.7. The van der Waals surface area contributed by atoms with Gasteiger partial charge in [0.1, 0.15) is 5.82 Å². The third-order valence-corrected chi connectivity index (χ3v) is 2.23. The van der Waals surface area contributed by atoms with E-state index in [2.05, 4.69) is 22.4 Å². The predicted molar refractivity (Wildman–Crippen MR) is 72.5 cm³/mol. The number of hydrogen-bond acceptors (Lipinski definition) is 2. The molecule has 0 spiro atoms. The zero-order valence-electron chi connectivity index (χ0n) is 9.53. The first-order chi connectivity index (χ1) is 8.15. The third kappa shape index (κ3) is 4.32. The molecule has 0 saturated carbocycles. The molecule has 0 fully saturated rings. The van der Waals surface area contributed by atoms with E-state index in [1.165, 1.54) is 6.07 Å². The molecule has 0 saturated heterocycles. The Balaban J connectivity index is 2.64. The van der Waals surface area contributed by atoms with E-state index in [1.54, 1.807) is 31.2 Å². The van der Waals surface area contributed by atoms with Crippen molar-refractivity contribution in [2.45, 2.75) is 6.92 Å². The Morgan fingerprint density at radius 1 is 1.53 bits per heavy atom. The molecule has 5 heteroatoms. The van der Waals surface area contributed by atoms with Crippen molar-refractivity contribution in [3.8, 4) is 0 Å². The van der Waals surface area contributed by atoms with Crippen molar-refractivity contribution in [2.75, 3.05) is 6.54 Å². The molecular weight excluding hydrogens is 237 g/mol. The van der Waals surface area contributed by atoms with Gasteiger partial charge in [0.15, 0.2) is 5.11 Å². The smallest absolute Gasteiger partial charge is 0.187 e. The highest BCUT2D eigenvalue weighted by atomic mass is 32.1. The second kappa shape index (κ2) is 6.75. The van der Waals surface area contributed by atoms with E-state index in [0.29, 0.717) is 22.9 Å². The Bertz CT molecular complexity index is 443. The highest BCUT2D eigenvalue weighted by Gasteiger charge is 2.03. The van der Waals surface area contributed by atoms with Gasteiger partial charge in [0.2, 0.25) is 0 Å². The molecule has 0 radical (unpaired) electrons. The molecular formula is C12H14FN3S. The van der Waals surface area contributed by atoms with Crippen LogP contribution in [-0.4, -0.2) is 17.4 Å². The van der Waals surface area contributed by atoms with Gasteiger partial charge in [0.25, 0.3) is 0 Å². The van der Waals surface area contributed by atoms with E-state index < -0.39 is 0 Å². The number of hydrazone groups is 1. The number of hydrogen-bond donors (Lipinski definition) is 2. The summed E-state index contributed by atoms with van der Waals surface area (Å²) in [4.78, 5) is 0. The molecule has 0 aliphatic heterocycles. The van der Waals surface area contributed by atoms with Gasteiger partial charge >= 0.3 is 0 Å². The van der Waals surface area contributed by atoms with Gasteiger partial charge in [-0.05, 0) is 25.2 Å². The van der Waals surface area contributed by atoms with Gasteiger partial charge in [0.05, 0.1) is 5.71 Å². The van der Waals surface area contributed by atoms with Crippen LogP contribution in [0.3, 0.4) is 0 Å². The Kier molecular flexibility index (Phi) is 5.29. The minimum atomic E-state index is -0.305. The largest absolute Gasteiger partial charge is 0.358 e. The summed E-state index contributed by atoms with van der Waals surface area (Å²) in [7, 11) is 0. The van der Waals surface area contributed by atoms with Gasteiger partial charge in [-0.15, -0.1) is 6.58 Å². The van der Waals surface area contributed by atoms with E-state index in [1.807, 2.05) is 0 Å². The summed E-state index contributed by atoms with van der Waals surface area (Å²) in [5, 5.41) is 7.23. The van der Waals surface area contributed by atoms with Crippen LogP contribution in [0.5, 0.6) is 0 Å². The first-order valence-electron chi connectivity index (χ1n) is 5.09. The van der Waals surface area contributed by atoms with Gasteiger partial charge in [0, 0.05) is 12.1 Å². The quantitative estimate of drug-likeness (QED) is 0.373. The lowest BCUT2D eigenvalue weighted by Gasteiger charge is -2.06. The summed E-state index contributed by atoms with van der Waals surface area (Å²) < 4.78 is 13.4. The Hall–Kier alpha value is -1.75. The minimum Gasteiger partial charge on any atom is -0.358 e. The second-order valence-electron chi connectivity index (χ2n) is 3.29. The fraction of sp³-hybridized carbons (Fsp3) is 0.167. The highest BCUT2D eigenvalue weighted by molar-refractivity contribution is 7.80. The first kappa shape index (κ1) is 13.3. The fourth-order valence-corrected chi connectivity index (χ4v) is 1.28. The average molecular weight is 251 g/mol. The summed E-state index contributed by atoms with van der Waals surface area (Å²) in [5.74, 6) is -0.305. The van der Waals surface area contributed by atoms with Crippen LogP contribution in [0.15, 0.2) is 42.0 Å². The van der Waals surface area contributed by atoms with E-state index in [9.17, 15) is 4.39 Å². The minimum absolute atomic E-state index is 0.305. The summed E-state index contributed by atoms with van der Waals surface area (Å²) in [5.41, 5.74) is 3.62. The molecule has 0 unspecified atom stereocenters. The number of rotatable bonds is 4. The van der Waals surface area contributed by atoms with Crippen molar-refractivity contribution >= 4 is 23.0 Å². The number of halogens is 1. The molecule has 2 N–H and O–H groups in total. The normalized spacial score (nSPS) is 10.8. The van der Waals surface area contributed by atoms with Crippen molar-refractivity contribution in [3.63, 3.8) is 0 Å². The predicted octanol–water partition coefficient (Wildman–Crippen LogP) is 2.20. The molecule has 0 aromatic heterocycles. The van der Waals surface area contributed by atoms with E-state index in [0.717, 1.165) is 0 Å². The molecule has 0 amide bonds. The molecule has 0 atom stereocenters. The lowest BCUT2D eigenvalue weighted by molar-refractivity contribution is 0.625. The summed E-state index contributed by atoms with van der Waals surface area (Å²) in [6.07, 6.45) is 1.68. The lowest BCUT2D eigenvalue weighted by atomic mass is 10.1. The molecule has 0 heterocycles. The lowest BCUT2D eigenvalue weighted by Crippen LogP contribution is -2.32. The maximum Gasteiger partial charge on any atom is 0.187 e. The number of nitrogens with zero attached hydrogens (tertiary/aromatic N) is 1. The molecule has 0 aliphatic rings. The van der Waals surface area contributed by atoms with Crippen LogP contribution in [0, 0.1) is 5.82 Å². The molecule has 0 aliphatic carbocycles. The van der Waals surface area contributed by atoms with Gasteiger partial charge in [-0.1, -0.05) is 24.3 Å². The standard InChI is InChI=1S/C12H14FN3S/c1-3-8-14-12(17)16-15-9(2)10-6-4-5-7-11(10)13/h3-7H,1,8H2,2H3,(H2,14,16,17)/b15-9-. The van der Waals surface area contributed by atoms with Gasteiger partial charge in [-0.2, -0.15) is 5.10 Å². The molecule has 90 valence electrons. The van der Waals surface area contributed by atoms with E-state index >= 15 is 0 Å². The summed E-state index contributed by atoms with van der Waals surface area (Å²) in [6.45, 7) is 5.82. The zero-order valence-corrected chi connectivity index (χ0v) is 10.4. The molecule has 1 aromatic carbocycles. The van der Waals surface area contributed by atoms with Gasteiger partial charge in [-0.3, -0.25) is 5.43 Å². The van der Waals surface area contributed by atoms with Crippen LogP contribution < -0.4 is 10.7 Å². The molecule has 0 bridgehead atoms. The van der Waals surface area contributed by atoms with Crippen molar-refractivity contribution in [2.24, 2.45) is 5.10 Å². The van der Waals surface area contributed by atoms with Crippen LogP contribution in [0.4, 0.5) is 4.39 Å². The molecule has 3 nitrogen and oxygen atoms in total. The second-order valence-corrected chi connectivity index (χ2v) is 3.70. The third-order valence-electron chi connectivity index (χ3n) is 2.00. The van der Waals surface area contributed by atoms with Crippen molar-refractivity contribution in [3.05, 3.63) is 48.3 Å². The first-order valence-corrected chi connectivity index (χ1v) is 5.50. The average Bonchev–Trinajstić information content (AvgIpc) is 2.34. The van der Waals surface area contributed by atoms with Crippen LogP contribution in [-0.2, 0) is 0 Å². The van der Waals surface area contributed by atoms with Gasteiger partial charge < -0.3 is 5.32 Å². The molecule has 1 rings (SSSR count). The Morgan fingerprint density at radius 3 is 2.88 bits per heavy atom. The summed E-state index contributed by atoms with van der Waals surface area (Å²) in [6, 6.07) is 6.44.